The molecule has 1 saturated heterocycles. The Bertz CT molecular complexity index is 581. The number of hydrogen-bond donors (Lipinski definition) is 1. The number of anilines is 1. The number of sulfone groups is 1. The number of carbonyl (C=O) groups excluding carboxylic acids is 1. The predicted molar refractivity (Wildman–Crippen MR) is 79.8 cm³/mol. The van der Waals surface area contributed by atoms with Crippen molar-refractivity contribution in [3.05, 3.63) is 29.8 Å². The molecule has 0 saturated carbocycles. The third-order valence-corrected chi connectivity index (χ3v) is 5.34. The lowest BCUT2D eigenvalue weighted by atomic mass is 10.1. The first kappa shape index (κ1) is 14.8. The summed E-state index contributed by atoms with van der Waals surface area (Å²) in [6.07, 6.45) is 0.528. The quantitative estimate of drug-likeness (QED) is 0.911. The van der Waals surface area contributed by atoms with E-state index in [1.54, 1.807) is 24.1 Å². The predicted octanol–water partition coefficient (Wildman–Crippen LogP) is 1.38. The maximum Gasteiger partial charge on any atom is 0.253 e. The molecule has 1 aliphatic heterocycles. The van der Waals surface area contributed by atoms with Crippen molar-refractivity contribution in [1.82, 2.24) is 4.90 Å². The van der Waals surface area contributed by atoms with Gasteiger partial charge in [-0.05, 0) is 37.6 Å². The molecule has 0 aliphatic carbocycles. The molecular weight excluding hydrogens is 276 g/mol. The van der Waals surface area contributed by atoms with Gasteiger partial charge >= 0.3 is 0 Å². The van der Waals surface area contributed by atoms with Gasteiger partial charge in [-0.2, -0.15) is 0 Å². The van der Waals surface area contributed by atoms with Crippen LogP contribution in [0, 0.1) is 0 Å². The Morgan fingerprint density at radius 2 is 2.00 bits per heavy atom. The number of rotatable bonds is 4. The van der Waals surface area contributed by atoms with Gasteiger partial charge in [-0.3, -0.25) is 4.79 Å². The third kappa shape index (κ3) is 3.30. The fourth-order valence-corrected chi connectivity index (χ4v) is 4.16. The maximum absolute atomic E-state index is 12.3. The summed E-state index contributed by atoms with van der Waals surface area (Å²) in [5.41, 5.74) is 1.55. The summed E-state index contributed by atoms with van der Waals surface area (Å²) < 4.78 is 22.9. The van der Waals surface area contributed by atoms with E-state index in [2.05, 4.69) is 5.32 Å². The van der Waals surface area contributed by atoms with Crippen LogP contribution in [0.3, 0.4) is 0 Å². The minimum Gasteiger partial charge on any atom is -0.385 e. The van der Waals surface area contributed by atoms with Crippen molar-refractivity contribution < 1.29 is 13.2 Å². The monoisotopic (exact) mass is 296 g/mol. The van der Waals surface area contributed by atoms with E-state index >= 15 is 0 Å². The molecule has 20 heavy (non-hydrogen) atoms. The van der Waals surface area contributed by atoms with Crippen molar-refractivity contribution in [3.63, 3.8) is 0 Å². The molecule has 0 spiro atoms. The number of amides is 1. The summed E-state index contributed by atoms with van der Waals surface area (Å²) >= 11 is 0. The third-order valence-electron chi connectivity index (χ3n) is 3.59. The second kappa shape index (κ2) is 5.83. The highest BCUT2D eigenvalue weighted by Gasteiger charge is 2.32. The zero-order valence-electron chi connectivity index (χ0n) is 11.8. The largest absolute Gasteiger partial charge is 0.385 e. The first-order valence-electron chi connectivity index (χ1n) is 6.74. The van der Waals surface area contributed by atoms with Crippen LogP contribution in [0.2, 0.25) is 0 Å². The molecule has 1 unspecified atom stereocenters. The Kier molecular flexibility index (Phi) is 4.32. The molecule has 1 amide bonds. The van der Waals surface area contributed by atoms with Crippen LogP contribution in [0.1, 0.15) is 23.7 Å². The van der Waals surface area contributed by atoms with Crippen molar-refractivity contribution in [2.45, 2.75) is 19.4 Å². The molecule has 110 valence electrons. The number of nitrogens with one attached hydrogen (secondary N) is 1. The van der Waals surface area contributed by atoms with Gasteiger partial charge in [-0.15, -0.1) is 0 Å². The highest BCUT2D eigenvalue weighted by atomic mass is 32.2. The van der Waals surface area contributed by atoms with Crippen LogP contribution in [-0.4, -0.2) is 50.4 Å². The standard InChI is InChI=1S/C14H20N2O3S/c1-3-15-12-6-4-11(5-7-12)14(17)16(2)13-8-9-20(18,19)10-13/h4-7,13,15H,3,8-10H2,1-2H3. The van der Waals surface area contributed by atoms with E-state index < -0.39 is 9.84 Å². The van der Waals surface area contributed by atoms with Crippen LogP contribution in [0.15, 0.2) is 24.3 Å². The van der Waals surface area contributed by atoms with Crippen molar-refractivity contribution in [2.24, 2.45) is 0 Å². The van der Waals surface area contributed by atoms with E-state index in [4.69, 9.17) is 0 Å². The van der Waals surface area contributed by atoms with Crippen LogP contribution in [0.5, 0.6) is 0 Å². The van der Waals surface area contributed by atoms with Crippen LogP contribution in [0.25, 0.3) is 0 Å². The van der Waals surface area contributed by atoms with Crippen molar-refractivity contribution in [2.75, 3.05) is 30.4 Å². The molecule has 0 radical (unpaired) electrons. The lowest BCUT2D eigenvalue weighted by molar-refractivity contribution is 0.0747. The van der Waals surface area contributed by atoms with E-state index in [0.717, 1.165) is 12.2 Å². The fraction of sp³-hybridized carbons (Fsp3) is 0.500. The Hall–Kier alpha value is -1.56. The topological polar surface area (TPSA) is 66.5 Å². The van der Waals surface area contributed by atoms with Gasteiger partial charge in [0.25, 0.3) is 5.91 Å². The van der Waals surface area contributed by atoms with Gasteiger partial charge in [0.2, 0.25) is 0 Å². The van der Waals surface area contributed by atoms with Gasteiger partial charge in [0, 0.05) is 30.9 Å². The minimum atomic E-state index is -2.97. The van der Waals surface area contributed by atoms with Gasteiger partial charge in [0.1, 0.15) is 0 Å². The number of carbonyl (C=O) groups is 1. The van der Waals surface area contributed by atoms with E-state index in [-0.39, 0.29) is 23.5 Å². The average molecular weight is 296 g/mol. The SMILES string of the molecule is CCNc1ccc(C(=O)N(C)C2CCS(=O)(=O)C2)cc1. The summed E-state index contributed by atoms with van der Waals surface area (Å²) in [6, 6.07) is 7.04. The summed E-state index contributed by atoms with van der Waals surface area (Å²) in [7, 11) is -1.30. The zero-order valence-corrected chi connectivity index (χ0v) is 12.6. The Labute approximate surface area is 119 Å². The van der Waals surface area contributed by atoms with E-state index in [1.165, 1.54) is 0 Å². The van der Waals surface area contributed by atoms with Crippen molar-refractivity contribution in [1.29, 1.82) is 0 Å². The fourth-order valence-electron chi connectivity index (χ4n) is 2.39. The molecular formula is C14H20N2O3S. The van der Waals surface area contributed by atoms with E-state index in [9.17, 15) is 13.2 Å². The van der Waals surface area contributed by atoms with Crippen LogP contribution in [-0.2, 0) is 9.84 Å². The highest BCUT2D eigenvalue weighted by molar-refractivity contribution is 7.91. The van der Waals surface area contributed by atoms with Crippen LogP contribution < -0.4 is 5.32 Å². The number of hydrogen-bond acceptors (Lipinski definition) is 4. The first-order valence-corrected chi connectivity index (χ1v) is 8.56. The Morgan fingerprint density at radius 3 is 2.50 bits per heavy atom. The van der Waals surface area contributed by atoms with Crippen LogP contribution >= 0.6 is 0 Å². The Morgan fingerprint density at radius 1 is 1.35 bits per heavy atom. The number of benzene rings is 1. The molecule has 0 bridgehead atoms. The molecule has 1 N–H and O–H groups in total. The van der Waals surface area contributed by atoms with Gasteiger partial charge in [-0.1, -0.05) is 0 Å². The highest BCUT2D eigenvalue weighted by Crippen LogP contribution is 2.19. The molecule has 1 aromatic carbocycles. The molecule has 5 nitrogen and oxygen atoms in total. The second-order valence-electron chi connectivity index (χ2n) is 5.08. The smallest absolute Gasteiger partial charge is 0.253 e. The number of nitrogens with zero attached hydrogens (tertiary/aromatic N) is 1. The van der Waals surface area contributed by atoms with Gasteiger partial charge in [-0.25, -0.2) is 8.42 Å². The zero-order chi connectivity index (χ0) is 14.8. The van der Waals surface area contributed by atoms with Crippen LogP contribution in [0.4, 0.5) is 5.69 Å². The summed E-state index contributed by atoms with van der Waals surface area (Å²) in [5, 5.41) is 3.16. The lowest BCUT2D eigenvalue weighted by Gasteiger charge is -2.23. The minimum absolute atomic E-state index is 0.0741. The summed E-state index contributed by atoms with van der Waals surface area (Å²) in [4.78, 5) is 13.9. The normalized spacial score (nSPS) is 20.6. The molecule has 1 aromatic rings. The average Bonchev–Trinajstić information content (AvgIpc) is 2.79. The molecule has 1 aliphatic rings. The van der Waals surface area contributed by atoms with Gasteiger partial charge in [0.15, 0.2) is 9.84 Å². The van der Waals surface area contributed by atoms with E-state index in [0.29, 0.717) is 12.0 Å². The molecule has 1 heterocycles. The maximum atomic E-state index is 12.3. The molecule has 1 fully saturated rings. The summed E-state index contributed by atoms with van der Waals surface area (Å²) in [5.74, 6) is 0.120. The molecule has 1 atom stereocenters. The second-order valence-corrected chi connectivity index (χ2v) is 7.31. The summed E-state index contributed by atoms with van der Waals surface area (Å²) in [6.45, 7) is 2.83. The van der Waals surface area contributed by atoms with Crippen molar-refractivity contribution >= 4 is 21.4 Å². The first-order chi connectivity index (χ1) is 9.43. The van der Waals surface area contributed by atoms with Gasteiger partial charge < -0.3 is 10.2 Å². The Balaban J connectivity index is 2.07. The molecule has 2 rings (SSSR count). The lowest BCUT2D eigenvalue weighted by Crippen LogP contribution is -2.37. The molecule has 0 aromatic heterocycles. The van der Waals surface area contributed by atoms with Gasteiger partial charge in [0.05, 0.1) is 11.5 Å². The molecule has 6 heteroatoms. The van der Waals surface area contributed by atoms with Crippen molar-refractivity contribution in [3.8, 4) is 0 Å². The van der Waals surface area contributed by atoms with E-state index in [1.807, 2.05) is 19.1 Å².